The second-order valence-corrected chi connectivity index (χ2v) is 7.03. The van der Waals surface area contributed by atoms with E-state index in [1.807, 2.05) is 13.8 Å². The molecule has 0 aliphatic carbocycles. The van der Waals surface area contributed by atoms with Gasteiger partial charge < -0.3 is 10.4 Å². The number of benzene rings is 1. The lowest BCUT2D eigenvalue weighted by Crippen LogP contribution is -2.28. The van der Waals surface area contributed by atoms with Crippen molar-refractivity contribution in [1.82, 2.24) is 20.3 Å². The number of halogens is 1. The van der Waals surface area contributed by atoms with Crippen LogP contribution in [0.3, 0.4) is 0 Å². The van der Waals surface area contributed by atoms with E-state index < -0.39 is 11.9 Å². The summed E-state index contributed by atoms with van der Waals surface area (Å²) < 4.78 is 13.0. The molecule has 1 aromatic carbocycles. The molecule has 3 rings (SSSR count). The molecule has 3 aromatic rings. The molecule has 6 nitrogen and oxygen atoms in total. The minimum absolute atomic E-state index is 0.0805. The van der Waals surface area contributed by atoms with Crippen LogP contribution in [0.15, 0.2) is 36.8 Å². The van der Waals surface area contributed by atoms with Gasteiger partial charge in [-0.05, 0) is 25.5 Å². The number of amides is 1. The molecule has 0 radical (unpaired) electrons. The summed E-state index contributed by atoms with van der Waals surface area (Å²) in [6, 6.07) is 5.20. The summed E-state index contributed by atoms with van der Waals surface area (Å²) in [6.45, 7) is 3.75. The number of hydrogen-bond donors (Lipinski definition) is 2. The van der Waals surface area contributed by atoms with E-state index in [0.717, 1.165) is 23.0 Å². The summed E-state index contributed by atoms with van der Waals surface area (Å²) in [4.78, 5) is 25.2. The maximum atomic E-state index is 13.0. The molecule has 0 aliphatic rings. The molecule has 1 amide bonds. The summed E-state index contributed by atoms with van der Waals surface area (Å²) in [5.74, 6) is -0.501. The van der Waals surface area contributed by atoms with Gasteiger partial charge in [-0.2, -0.15) is 0 Å². The quantitative estimate of drug-likeness (QED) is 0.719. The Balaban J connectivity index is 1.74. The van der Waals surface area contributed by atoms with Crippen LogP contribution in [0, 0.1) is 19.7 Å². The molecule has 0 spiro atoms. The van der Waals surface area contributed by atoms with Crippen molar-refractivity contribution in [2.45, 2.75) is 20.0 Å². The standard InChI is InChI=1S/C18H17FN4O2S/c1-10-3-4-12(17-21-6-13(19)7-22-17)5-14(10)18(25)23-8-15(24)16-9-20-11(2)26-16/h3-7,9,15,24H,8H2,1-2H3,(H,23,25). The van der Waals surface area contributed by atoms with Gasteiger partial charge in [0.15, 0.2) is 11.6 Å². The first-order chi connectivity index (χ1) is 12.4. The molecule has 2 heterocycles. The summed E-state index contributed by atoms with van der Waals surface area (Å²) in [6.07, 6.45) is 2.95. The van der Waals surface area contributed by atoms with Crippen LogP contribution in [0.2, 0.25) is 0 Å². The van der Waals surface area contributed by atoms with Crippen LogP contribution in [0.4, 0.5) is 4.39 Å². The van der Waals surface area contributed by atoms with Gasteiger partial charge in [-0.15, -0.1) is 11.3 Å². The summed E-state index contributed by atoms with van der Waals surface area (Å²) in [5, 5.41) is 13.7. The average molecular weight is 372 g/mol. The van der Waals surface area contributed by atoms with E-state index in [1.54, 1.807) is 24.4 Å². The van der Waals surface area contributed by atoms with E-state index in [4.69, 9.17) is 0 Å². The number of nitrogens with one attached hydrogen (secondary N) is 1. The van der Waals surface area contributed by atoms with Gasteiger partial charge >= 0.3 is 0 Å². The molecule has 0 fully saturated rings. The van der Waals surface area contributed by atoms with Crippen molar-refractivity contribution >= 4 is 17.2 Å². The van der Waals surface area contributed by atoms with Crippen LogP contribution in [0.25, 0.3) is 11.4 Å². The van der Waals surface area contributed by atoms with E-state index in [-0.39, 0.29) is 12.5 Å². The zero-order valence-corrected chi connectivity index (χ0v) is 15.0. The highest BCUT2D eigenvalue weighted by atomic mass is 32.1. The van der Waals surface area contributed by atoms with Crippen LogP contribution in [0.1, 0.15) is 31.9 Å². The number of aliphatic hydroxyl groups is 1. The molecule has 0 aliphatic heterocycles. The highest BCUT2D eigenvalue weighted by Gasteiger charge is 2.15. The first kappa shape index (κ1) is 18.1. The molecule has 2 aromatic heterocycles. The number of nitrogens with zero attached hydrogens (tertiary/aromatic N) is 3. The number of hydrogen-bond acceptors (Lipinski definition) is 6. The molecule has 134 valence electrons. The Hall–Kier alpha value is -2.71. The van der Waals surface area contributed by atoms with Crippen molar-refractivity contribution < 1.29 is 14.3 Å². The molecule has 0 saturated heterocycles. The lowest BCUT2D eigenvalue weighted by atomic mass is 10.0. The van der Waals surface area contributed by atoms with Crippen molar-refractivity contribution in [2.24, 2.45) is 0 Å². The van der Waals surface area contributed by atoms with Crippen LogP contribution in [0.5, 0.6) is 0 Å². The minimum Gasteiger partial charge on any atom is -0.386 e. The maximum absolute atomic E-state index is 13.0. The predicted octanol–water partition coefficient (Wildman–Crippen LogP) is 2.82. The fraction of sp³-hybridized carbons (Fsp3) is 0.222. The third kappa shape index (κ3) is 4.09. The van der Waals surface area contributed by atoms with Gasteiger partial charge in [0.1, 0.15) is 6.10 Å². The fourth-order valence-electron chi connectivity index (χ4n) is 2.38. The second-order valence-electron chi connectivity index (χ2n) is 5.76. The monoisotopic (exact) mass is 372 g/mol. The SMILES string of the molecule is Cc1ncc(C(O)CNC(=O)c2cc(-c3ncc(F)cn3)ccc2C)s1. The number of rotatable bonds is 5. The molecule has 1 atom stereocenters. The number of aryl methyl sites for hydroxylation is 2. The van der Waals surface area contributed by atoms with Crippen LogP contribution < -0.4 is 5.32 Å². The van der Waals surface area contributed by atoms with Crippen molar-refractivity contribution in [3.8, 4) is 11.4 Å². The summed E-state index contributed by atoms with van der Waals surface area (Å²) in [7, 11) is 0. The van der Waals surface area contributed by atoms with Crippen LogP contribution >= 0.6 is 11.3 Å². The van der Waals surface area contributed by atoms with Gasteiger partial charge in [0.25, 0.3) is 5.91 Å². The van der Waals surface area contributed by atoms with Crippen LogP contribution in [-0.4, -0.2) is 32.5 Å². The molecule has 1 unspecified atom stereocenters. The van der Waals surface area contributed by atoms with Crippen molar-refractivity contribution in [1.29, 1.82) is 0 Å². The number of thiazole rings is 1. The van der Waals surface area contributed by atoms with Gasteiger partial charge in [0.2, 0.25) is 0 Å². The Morgan fingerprint density at radius 2 is 1.96 bits per heavy atom. The Labute approximate surface area is 153 Å². The molecule has 0 bridgehead atoms. The van der Waals surface area contributed by atoms with Crippen molar-refractivity contribution in [2.75, 3.05) is 6.54 Å². The smallest absolute Gasteiger partial charge is 0.251 e. The normalized spacial score (nSPS) is 12.0. The predicted molar refractivity (Wildman–Crippen MR) is 96.3 cm³/mol. The highest BCUT2D eigenvalue weighted by molar-refractivity contribution is 7.11. The number of aliphatic hydroxyl groups excluding tert-OH is 1. The largest absolute Gasteiger partial charge is 0.386 e. The van der Waals surface area contributed by atoms with Crippen molar-refractivity contribution in [3.05, 3.63) is 63.6 Å². The topological polar surface area (TPSA) is 88.0 Å². The Morgan fingerprint density at radius 1 is 1.23 bits per heavy atom. The zero-order chi connectivity index (χ0) is 18.7. The average Bonchev–Trinajstić information content (AvgIpc) is 3.07. The first-order valence-electron chi connectivity index (χ1n) is 7.91. The maximum Gasteiger partial charge on any atom is 0.251 e. The summed E-state index contributed by atoms with van der Waals surface area (Å²) in [5.41, 5.74) is 1.83. The van der Waals surface area contributed by atoms with E-state index in [9.17, 15) is 14.3 Å². The van der Waals surface area contributed by atoms with Crippen molar-refractivity contribution in [3.63, 3.8) is 0 Å². The molecule has 0 saturated carbocycles. The Morgan fingerprint density at radius 3 is 2.62 bits per heavy atom. The minimum atomic E-state index is -0.811. The highest BCUT2D eigenvalue weighted by Crippen LogP contribution is 2.21. The lowest BCUT2D eigenvalue weighted by Gasteiger charge is -2.12. The third-order valence-electron chi connectivity index (χ3n) is 3.78. The van der Waals surface area contributed by atoms with E-state index >= 15 is 0 Å². The van der Waals surface area contributed by atoms with Gasteiger partial charge in [0, 0.05) is 23.9 Å². The molecule has 26 heavy (non-hydrogen) atoms. The van der Waals surface area contributed by atoms with Gasteiger partial charge in [-0.25, -0.2) is 19.3 Å². The van der Waals surface area contributed by atoms with E-state index in [2.05, 4.69) is 20.3 Å². The molecule has 8 heteroatoms. The number of carbonyl (C=O) groups is 1. The van der Waals surface area contributed by atoms with Gasteiger partial charge in [-0.1, -0.05) is 12.1 Å². The zero-order valence-electron chi connectivity index (χ0n) is 14.2. The number of aromatic nitrogens is 3. The van der Waals surface area contributed by atoms with Crippen LogP contribution in [-0.2, 0) is 0 Å². The lowest BCUT2D eigenvalue weighted by molar-refractivity contribution is 0.0917. The summed E-state index contributed by atoms with van der Waals surface area (Å²) >= 11 is 1.39. The Kier molecular flexibility index (Phi) is 5.34. The fourth-order valence-corrected chi connectivity index (χ4v) is 3.16. The molecule has 2 N–H and O–H groups in total. The van der Waals surface area contributed by atoms with E-state index in [0.29, 0.717) is 21.8 Å². The number of carbonyl (C=O) groups excluding carboxylic acids is 1. The molecular weight excluding hydrogens is 355 g/mol. The van der Waals surface area contributed by atoms with Gasteiger partial charge in [-0.3, -0.25) is 4.79 Å². The second kappa shape index (κ2) is 7.67. The van der Waals surface area contributed by atoms with E-state index in [1.165, 1.54) is 11.3 Å². The molecular formula is C18H17FN4O2S. The first-order valence-corrected chi connectivity index (χ1v) is 8.73. The Bertz CT molecular complexity index is 927. The third-order valence-corrected chi connectivity index (χ3v) is 4.80. The van der Waals surface area contributed by atoms with Gasteiger partial charge in [0.05, 0.1) is 22.3 Å².